The molecule has 1 atom stereocenters. The van der Waals surface area contributed by atoms with Gasteiger partial charge in [0.25, 0.3) is 0 Å². The maximum Gasteiger partial charge on any atom is 0.334 e. The van der Waals surface area contributed by atoms with Gasteiger partial charge in [-0.15, -0.1) is 0 Å². The predicted molar refractivity (Wildman–Crippen MR) is 49.1 cm³/mol. The summed E-state index contributed by atoms with van der Waals surface area (Å²) >= 11 is 0. The highest BCUT2D eigenvalue weighted by Crippen LogP contribution is 1.94. The Balaban J connectivity index is 0. The van der Waals surface area contributed by atoms with Crippen LogP contribution < -0.4 is 0 Å². The van der Waals surface area contributed by atoms with Crippen LogP contribution in [0.25, 0.3) is 0 Å². The summed E-state index contributed by atoms with van der Waals surface area (Å²) < 4.78 is 9.64. The quantitative estimate of drug-likeness (QED) is 0.475. The summed E-state index contributed by atoms with van der Waals surface area (Å²) in [4.78, 5) is 10.9. The largest absolute Gasteiger partial charge is 0.464 e. The molecule has 0 bridgehead atoms. The number of carbonyl (C=O) groups is 1. The number of hydrogen-bond donors (Lipinski definition) is 0. The monoisotopic (exact) mass is 176 g/mol. The summed E-state index contributed by atoms with van der Waals surface area (Å²) in [5.41, 5.74) is 0. The van der Waals surface area contributed by atoms with E-state index in [-0.39, 0.29) is 13.4 Å². The zero-order chi connectivity index (χ0) is 8.69. The third-order valence-electron chi connectivity index (χ3n) is 1.43. The van der Waals surface area contributed by atoms with E-state index in [0.29, 0.717) is 6.61 Å². The average Bonchev–Trinajstić information content (AvgIpc) is 2.03. The Morgan fingerprint density at radius 2 is 2.08 bits per heavy atom. The lowest BCUT2D eigenvalue weighted by Gasteiger charge is -2.08. The van der Waals surface area contributed by atoms with E-state index >= 15 is 0 Å². The molecule has 0 aromatic carbocycles. The van der Waals surface area contributed by atoms with Crippen molar-refractivity contribution in [2.75, 3.05) is 13.7 Å². The summed E-state index contributed by atoms with van der Waals surface area (Å²) in [5.74, 6) is -0.277. The van der Waals surface area contributed by atoms with Gasteiger partial charge in [0.05, 0.1) is 6.61 Å². The molecule has 12 heavy (non-hydrogen) atoms. The number of methoxy groups -OCH3 is 1. The molecule has 0 aromatic rings. The van der Waals surface area contributed by atoms with Gasteiger partial charge in [0.2, 0.25) is 0 Å². The molecule has 0 N–H and O–H groups in total. The van der Waals surface area contributed by atoms with Gasteiger partial charge in [0, 0.05) is 7.11 Å². The Bertz CT molecular complexity index is 112. The zero-order valence-electron chi connectivity index (χ0n) is 7.42. The molecule has 0 amide bonds. The molecule has 0 rings (SSSR count). The molecule has 0 aromatic heterocycles. The maximum absolute atomic E-state index is 10.9. The minimum Gasteiger partial charge on any atom is -0.464 e. The van der Waals surface area contributed by atoms with Gasteiger partial charge < -0.3 is 9.47 Å². The molecule has 0 aliphatic rings. The molecule has 0 aliphatic heterocycles. The molecule has 0 spiro atoms. The first-order chi connectivity index (χ1) is 5.22. The van der Waals surface area contributed by atoms with Crippen molar-refractivity contribution in [2.45, 2.75) is 40.2 Å². The maximum atomic E-state index is 10.9. The Morgan fingerprint density at radius 3 is 2.50 bits per heavy atom. The first kappa shape index (κ1) is 14.0. The van der Waals surface area contributed by atoms with E-state index in [4.69, 9.17) is 9.47 Å². The van der Waals surface area contributed by atoms with Crippen LogP contribution >= 0.6 is 0 Å². The second-order valence-electron chi connectivity index (χ2n) is 2.40. The van der Waals surface area contributed by atoms with E-state index in [0.717, 1.165) is 12.8 Å². The summed E-state index contributed by atoms with van der Waals surface area (Å²) in [7, 11) is 1.49. The normalized spacial score (nSPS) is 11.6. The molecular weight excluding hydrogens is 156 g/mol. The number of hydrogen-bond acceptors (Lipinski definition) is 3. The number of esters is 1. The Morgan fingerprint density at radius 1 is 1.50 bits per heavy atom. The van der Waals surface area contributed by atoms with E-state index in [2.05, 4.69) is 0 Å². The molecular formula is C9H20O3. The Kier molecular flexibility index (Phi) is 9.93. The predicted octanol–water partition coefficient (Wildman–Crippen LogP) is 2.00. The van der Waals surface area contributed by atoms with Crippen LogP contribution in [0.1, 0.15) is 34.1 Å². The van der Waals surface area contributed by atoms with E-state index in [1.807, 2.05) is 6.92 Å². The lowest BCUT2D eigenvalue weighted by molar-refractivity contribution is -0.154. The highest BCUT2D eigenvalue weighted by molar-refractivity contribution is 5.74. The van der Waals surface area contributed by atoms with Gasteiger partial charge in [-0.3, -0.25) is 0 Å². The van der Waals surface area contributed by atoms with Crippen molar-refractivity contribution >= 4 is 5.97 Å². The number of ether oxygens (including phenoxy) is 2. The van der Waals surface area contributed by atoms with Gasteiger partial charge in [-0.2, -0.15) is 0 Å². The van der Waals surface area contributed by atoms with Crippen molar-refractivity contribution < 1.29 is 14.3 Å². The summed E-state index contributed by atoms with van der Waals surface area (Å²) in [6.45, 7) is 4.23. The highest BCUT2D eigenvalue weighted by atomic mass is 16.6. The second-order valence-corrected chi connectivity index (χ2v) is 2.40. The zero-order valence-corrected chi connectivity index (χ0v) is 7.42. The van der Waals surface area contributed by atoms with Crippen molar-refractivity contribution in [1.29, 1.82) is 0 Å². The molecule has 0 heterocycles. The lowest BCUT2D eigenvalue weighted by Crippen LogP contribution is -2.22. The van der Waals surface area contributed by atoms with Crippen LogP contribution in [-0.4, -0.2) is 25.8 Å². The topological polar surface area (TPSA) is 35.5 Å². The third kappa shape index (κ3) is 6.16. The Labute approximate surface area is 75.1 Å². The van der Waals surface area contributed by atoms with Gasteiger partial charge in [0.15, 0.2) is 6.10 Å². The number of rotatable bonds is 5. The van der Waals surface area contributed by atoms with Crippen molar-refractivity contribution in [1.82, 2.24) is 0 Å². The molecule has 0 fully saturated rings. The van der Waals surface area contributed by atoms with E-state index < -0.39 is 6.10 Å². The van der Waals surface area contributed by atoms with Gasteiger partial charge in [-0.05, 0) is 13.3 Å². The fourth-order valence-electron chi connectivity index (χ4n) is 0.531. The molecule has 0 aliphatic carbocycles. The highest BCUT2D eigenvalue weighted by Gasteiger charge is 2.11. The van der Waals surface area contributed by atoms with Crippen LogP contribution in [0.15, 0.2) is 0 Å². The lowest BCUT2D eigenvalue weighted by atomic mass is 10.3. The van der Waals surface area contributed by atoms with Crippen molar-refractivity contribution in [3.8, 4) is 0 Å². The van der Waals surface area contributed by atoms with Crippen LogP contribution in [0.3, 0.4) is 0 Å². The standard InChI is InChI=1S/C8H16O3.CH4/c1-4-5-6-11-8(9)7(2)10-3;/h7H,4-6H2,1-3H3;1H4. The van der Waals surface area contributed by atoms with Crippen molar-refractivity contribution in [3.63, 3.8) is 0 Å². The molecule has 0 radical (unpaired) electrons. The summed E-state index contributed by atoms with van der Waals surface area (Å²) in [6.07, 6.45) is 1.52. The molecule has 3 heteroatoms. The smallest absolute Gasteiger partial charge is 0.334 e. The first-order valence-corrected chi connectivity index (χ1v) is 3.91. The van der Waals surface area contributed by atoms with E-state index in [1.54, 1.807) is 6.92 Å². The SMILES string of the molecule is C.CCCCOC(=O)C(C)OC. The fraction of sp³-hybridized carbons (Fsp3) is 0.889. The minimum absolute atomic E-state index is 0. The van der Waals surface area contributed by atoms with Crippen LogP contribution in [0.2, 0.25) is 0 Å². The summed E-state index contributed by atoms with van der Waals surface area (Å²) in [6, 6.07) is 0. The van der Waals surface area contributed by atoms with Gasteiger partial charge in [-0.25, -0.2) is 4.79 Å². The molecule has 1 unspecified atom stereocenters. The van der Waals surface area contributed by atoms with Crippen molar-refractivity contribution in [2.24, 2.45) is 0 Å². The molecule has 3 nitrogen and oxygen atoms in total. The Hall–Kier alpha value is -0.570. The average molecular weight is 176 g/mol. The van der Waals surface area contributed by atoms with Crippen molar-refractivity contribution in [3.05, 3.63) is 0 Å². The first-order valence-electron chi connectivity index (χ1n) is 3.91. The van der Waals surface area contributed by atoms with E-state index in [9.17, 15) is 4.79 Å². The van der Waals surface area contributed by atoms with Gasteiger partial charge in [0.1, 0.15) is 0 Å². The minimum atomic E-state index is -0.438. The van der Waals surface area contributed by atoms with Crippen LogP contribution in [0, 0.1) is 0 Å². The fourth-order valence-corrected chi connectivity index (χ4v) is 0.531. The molecule has 0 saturated carbocycles. The molecule has 74 valence electrons. The van der Waals surface area contributed by atoms with Gasteiger partial charge in [-0.1, -0.05) is 20.8 Å². The van der Waals surface area contributed by atoms with Crippen LogP contribution in [0.4, 0.5) is 0 Å². The van der Waals surface area contributed by atoms with Crippen LogP contribution in [0.5, 0.6) is 0 Å². The number of carbonyl (C=O) groups excluding carboxylic acids is 1. The van der Waals surface area contributed by atoms with Crippen LogP contribution in [-0.2, 0) is 14.3 Å². The third-order valence-corrected chi connectivity index (χ3v) is 1.43. The second kappa shape index (κ2) is 8.53. The number of unbranched alkanes of at least 4 members (excludes halogenated alkanes) is 1. The molecule has 0 saturated heterocycles. The van der Waals surface area contributed by atoms with E-state index in [1.165, 1.54) is 7.11 Å². The summed E-state index contributed by atoms with van der Waals surface area (Å²) in [5, 5.41) is 0. The van der Waals surface area contributed by atoms with Gasteiger partial charge >= 0.3 is 5.97 Å².